The van der Waals surface area contributed by atoms with E-state index in [2.05, 4.69) is 10.0 Å². The van der Waals surface area contributed by atoms with Crippen LogP contribution in [-0.4, -0.2) is 70.9 Å². The predicted octanol–water partition coefficient (Wildman–Crippen LogP) is 3.62. The third-order valence-electron chi connectivity index (χ3n) is 7.52. The van der Waals surface area contributed by atoms with Crippen LogP contribution in [0.5, 0.6) is 0 Å². The molecule has 0 spiro atoms. The van der Waals surface area contributed by atoms with Crippen LogP contribution in [0.25, 0.3) is 0 Å². The average molecular weight is 657 g/mol. The van der Waals surface area contributed by atoms with Gasteiger partial charge < -0.3 is 24.3 Å². The van der Waals surface area contributed by atoms with Crippen LogP contribution in [0.3, 0.4) is 0 Å². The molecule has 11 nitrogen and oxygen atoms in total. The summed E-state index contributed by atoms with van der Waals surface area (Å²) in [5.74, 6) is -2.60. The van der Waals surface area contributed by atoms with Gasteiger partial charge in [-0.25, -0.2) is 22.7 Å². The summed E-state index contributed by atoms with van der Waals surface area (Å²) in [5.41, 5.74) is 1.74. The molecule has 46 heavy (non-hydrogen) atoms. The summed E-state index contributed by atoms with van der Waals surface area (Å²) in [6.07, 6.45) is 4.72. The summed E-state index contributed by atoms with van der Waals surface area (Å²) in [6, 6.07) is 13.9. The molecule has 0 aromatic heterocycles. The lowest BCUT2D eigenvalue weighted by molar-refractivity contribution is -0.155. The van der Waals surface area contributed by atoms with Gasteiger partial charge in [-0.15, -0.1) is 0 Å². The van der Waals surface area contributed by atoms with Crippen LogP contribution in [-0.2, 0) is 50.0 Å². The van der Waals surface area contributed by atoms with Crippen molar-refractivity contribution < 1.29 is 41.7 Å². The van der Waals surface area contributed by atoms with E-state index in [1.807, 2.05) is 44.2 Å². The first-order chi connectivity index (χ1) is 21.9. The zero-order chi connectivity index (χ0) is 33.7. The topological polar surface area (TPSA) is 146 Å². The number of benzene rings is 2. The third-order valence-corrected chi connectivity index (χ3v) is 9.03. The fourth-order valence-electron chi connectivity index (χ4n) is 4.50. The monoisotopic (exact) mass is 656 g/mol. The highest BCUT2D eigenvalue weighted by Gasteiger charge is 2.28. The Morgan fingerprint density at radius 1 is 0.870 bits per heavy atom. The van der Waals surface area contributed by atoms with Gasteiger partial charge in [-0.1, -0.05) is 80.1 Å². The molecule has 2 N–H and O–H groups in total. The van der Waals surface area contributed by atoms with Gasteiger partial charge in [-0.3, -0.25) is 4.79 Å². The Labute approximate surface area is 271 Å². The minimum atomic E-state index is -3.99. The molecule has 1 aliphatic heterocycles. The quantitative estimate of drug-likeness (QED) is 0.337. The van der Waals surface area contributed by atoms with Crippen LogP contribution in [0.4, 0.5) is 0 Å². The van der Waals surface area contributed by atoms with Gasteiger partial charge in [0.1, 0.15) is 19.3 Å². The lowest BCUT2D eigenvalue weighted by Gasteiger charge is -2.24. The molecule has 2 aromatic rings. The number of carbonyl (C=O) groups is 3. The zero-order valence-corrected chi connectivity index (χ0v) is 27.7. The first-order valence-corrected chi connectivity index (χ1v) is 16.6. The Hall–Kier alpha value is -3.84. The second-order valence-electron chi connectivity index (χ2n) is 11.3. The maximum absolute atomic E-state index is 13.4. The van der Waals surface area contributed by atoms with Crippen LogP contribution < -0.4 is 10.0 Å². The Bertz CT molecular complexity index is 1460. The number of esters is 2. The Kier molecular flexibility index (Phi) is 14.1. The molecule has 0 saturated carbocycles. The van der Waals surface area contributed by atoms with Crippen molar-refractivity contribution in [3.05, 3.63) is 90.0 Å². The molecular weight excluding hydrogens is 612 g/mol. The molecule has 2 aromatic carbocycles. The minimum absolute atomic E-state index is 0.0602. The van der Waals surface area contributed by atoms with Crippen molar-refractivity contribution in [2.45, 2.75) is 69.9 Å². The number of nitrogens with one attached hydrogen (secondary N) is 2. The number of carbonyl (C=O) groups excluding carboxylic acids is 3. The number of ether oxygens (including phenoxy) is 4. The van der Waals surface area contributed by atoms with Crippen molar-refractivity contribution >= 4 is 27.9 Å². The SMILES string of the molecule is CO[C@H]1COC(=O)[C@H](C)NC(=O)CC=C[C@@H](C)[C@H](NS(=O)(=O)c2ccc(C)cc2)COC(=O)[C@@H](OCc2ccccc2)C=C[C@@H]1C. The van der Waals surface area contributed by atoms with Crippen LogP contribution in [0.1, 0.15) is 38.3 Å². The number of hydrogen-bond donors (Lipinski definition) is 2. The van der Waals surface area contributed by atoms with Gasteiger partial charge in [0, 0.05) is 19.4 Å². The molecule has 6 atom stereocenters. The standard InChI is InChI=1S/C34H44N2O9S/c1-23-14-17-28(18-15-23)46(40,41)36-29-21-44-34(39)30(43-20-27-11-7-6-8-12-27)19-16-25(3)31(42-5)22-45-33(38)26(4)35-32(37)13-9-10-24(29)2/h6-12,14-19,24-26,29-31,36H,13,20-22H2,1-5H3,(H,35,37)/t24-,25+,26+,29-,30+,31+/m1/s1. The number of sulfonamides is 1. The van der Waals surface area contributed by atoms with E-state index >= 15 is 0 Å². The summed E-state index contributed by atoms with van der Waals surface area (Å²) in [7, 11) is -2.52. The van der Waals surface area contributed by atoms with Crippen LogP contribution >= 0.6 is 0 Å². The molecule has 1 heterocycles. The number of aryl methyl sites for hydroxylation is 1. The van der Waals surface area contributed by atoms with Gasteiger partial charge in [-0.05, 0) is 43.5 Å². The van der Waals surface area contributed by atoms with E-state index in [-0.39, 0.29) is 37.1 Å². The molecular formula is C34H44N2O9S. The van der Waals surface area contributed by atoms with Gasteiger partial charge in [0.25, 0.3) is 0 Å². The summed E-state index contributed by atoms with van der Waals surface area (Å²) in [4.78, 5) is 38.6. The molecule has 0 bridgehead atoms. The van der Waals surface area contributed by atoms with E-state index in [0.717, 1.165) is 11.1 Å². The highest BCUT2D eigenvalue weighted by Crippen LogP contribution is 2.17. The second-order valence-corrected chi connectivity index (χ2v) is 13.0. The maximum Gasteiger partial charge on any atom is 0.339 e. The van der Waals surface area contributed by atoms with E-state index in [0.29, 0.717) is 0 Å². The number of rotatable bonds is 7. The van der Waals surface area contributed by atoms with Gasteiger partial charge in [0.05, 0.1) is 23.6 Å². The van der Waals surface area contributed by atoms with E-state index in [1.165, 1.54) is 26.2 Å². The summed E-state index contributed by atoms with van der Waals surface area (Å²) in [6.45, 7) is 6.67. The minimum Gasteiger partial charge on any atom is -0.462 e. The number of cyclic esters (lactones) is 2. The van der Waals surface area contributed by atoms with E-state index in [9.17, 15) is 22.8 Å². The number of amides is 1. The lowest BCUT2D eigenvalue weighted by atomic mass is 10.0. The van der Waals surface area contributed by atoms with Gasteiger partial charge >= 0.3 is 11.9 Å². The fourth-order valence-corrected chi connectivity index (χ4v) is 5.81. The van der Waals surface area contributed by atoms with Gasteiger partial charge in [-0.2, -0.15) is 0 Å². The molecule has 0 radical (unpaired) electrons. The van der Waals surface area contributed by atoms with Crippen LogP contribution in [0.2, 0.25) is 0 Å². The molecule has 0 fully saturated rings. The van der Waals surface area contributed by atoms with E-state index in [4.69, 9.17) is 18.9 Å². The Morgan fingerprint density at radius 3 is 2.22 bits per heavy atom. The van der Waals surface area contributed by atoms with Crippen molar-refractivity contribution in [3.8, 4) is 0 Å². The highest BCUT2D eigenvalue weighted by molar-refractivity contribution is 7.89. The van der Waals surface area contributed by atoms with Crippen molar-refractivity contribution in [1.29, 1.82) is 0 Å². The summed E-state index contributed by atoms with van der Waals surface area (Å²) in [5, 5.41) is 2.60. The highest BCUT2D eigenvalue weighted by atomic mass is 32.2. The van der Waals surface area contributed by atoms with Gasteiger partial charge in [0.15, 0.2) is 6.10 Å². The van der Waals surface area contributed by atoms with Crippen molar-refractivity contribution in [3.63, 3.8) is 0 Å². The van der Waals surface area contributed by atoms with Crippen molar-refractivity contribution in [1.82, 2.24) is 10.0 Å². The molecule has 0 unspecified atom stereocenters. The van der Waals surface area contributed by atoms with E-state index < -0.39 is 58.1 Å². The molecule has 250 valence electrons. The first kappa shape index (κ1) is 36.6. The lowest BCUT2D eigenvalue weighted by Crippen LogP contribution is -2.43. The Morgan fingerprint density at radius 2 is 1.54 bits per heavy atom. The molecule has 0 saturated heterocycles. The van der Waals surface area contributed by atoms with Crippen LogP contribution in [0.15, 0.2) is 83.8 Å². The second kappa shape index (κ2) is 17.7. The normalized spacial score (nSPS) is 25.8. The molecule has 12 heteroatoms. The van der Waals surface area contributed by atoms with E-state index in [1.54, 1.807) is 43.4 Å². The van der Waals surface area contributed by atoms with Crippen molar-refractivity contribution in [2.24, 2.45) is 11.8 Å². The number of methoxy groups -OCH3 is 1. The largest absolute Gasteiger partial charge is 0.462 e. The van der Waals surface area contributed by atoms with Crippen molar-refractivity contribution in [2.75, 3.05) is 20.3 Å². The Balaban J connectivity index is 1.91. The molecule has 1 aliphatic rings. The van der Waals surface area contributed by atoms with Crippen LogP contribution in [0, 0.1) is 18.8 Å². The molecule has 3 rings (SSSR count). The summed E-state index contributed by atoms with van der Waals surface area (Å²) >= 11 is 0. The molecule has 0 aliphatic carbocycles. The average Bonchev–Trinajstić information content (AvgIpc) is 3.03. The first-order valence-electron chi connectivity index (χ1n) is 15.1. The number of hydrogen-bond acceptors (Lipinski definition) is 9. The summed E-state index contributed by atoms with van der Waals surface area (Å²) < 4.78 is 51.8. The fraction of sp³-hybridized carbons (Fsp3) is 0.441. The third kappa shape index (κ3) is 11.5. The zero-order valence-electron chi connectivity index (χ0n) is 26.9. The maximum atomic E-state index is 13.4. The van der Waals surface area contributed by atoms with Gasteiger partial charge in [0.2, 0.25) is 15.9 Å². The smallest absolute Gasteiger partial charge is 0.339 e. The molecule has 1 amide bonds. The predicted molar refractivity (Wildman–Crippen MR) is 172 cm³/mol.